The first-order valence-electron chi connectivity index (χ1n) is 7.87. The van der Waals surface area contributed by atoms with Gasteiger partial charge in [0.15, 0.2) is 0 Å². The van der Waals surface area contributed by atoms with Gasteiger partial charge in [0.25, 0.3) is 0 Å². The molecule has 0 radical (unpaired) electrons. The fourth-order valence-electron chi connectivity index (χ4n) is 3.73. The number of hydrogen-bond donors (Lipinski definition) is 1. The van der Waals surface area contributed by atoms with Crippen LogP contribution in [0.1, 0.15) is 51.9 Å². The lowest BCUT2D eigenvalue weighted by Gasteiger charge is -2.47. The molecular formula is C15H24N2O2S. The van der Waals surface area contributed by atoms with Crippen molar-refractivity contribution in [2.45, 2.75) is 68.7 Å². The van der Waals surface area contributed by atoms with Crippen molar-refractivity contribution >= 4 is 23.6 Å². The number of thioether (sulfide) groups is 1. The monoisotopic (exact) mass is 296 g/mol. The van der Waals surface area contributed by atoms with Crippen molar-refractivity contribution in [1.82, 2.24) is 10.2 Å². The van der Waals surface area contributed by atoms with Crippen LogP contribution in [0.2, 0.25) is 0 Å². The summed E-state index contributed by atoms with van der Waals surface area (Å²) in [6.45, 7) is 2.61. The van der Waals surface area contributed by atoms with Gasteiger partial charge in [0, 0.05) is 11.8 Å². The van der Waals surface area contributed by atoms with E-state index in [0.29, 0.717) is 5.25 Å². The summed E-state index contributed by atoms with van der Waals surface area (Å²) in [6.07, 6.45) is 7.33. The molecule has 2 aliphatic heterocycles. The van der Waals surface area contributed by atoms with E-state index < -0.39 is 5.54 Å². The fourth-order valence-corrected chi connectivity index (χ4v) is 5.00. The van der Waals surface area contributed by atoms with Crippen LogP contribution in [0.25, 0.3) is 0 Å². The third-order valence-electron chi connectivity index (χ3n) is 5.01. The Morgan fingerprint density at radius 2 is 2.00 bits per heavy atom. The molecule has 1 saturated carbocycles. The SMILES string of the molecule is CC1C(=O)NC2(CCCCC2)C(=O)N1CC1CCCS1. The molecule has 112 valence electrons. The topological polar surface area (TPSA) is 49.4 Å². The second kappa shape index (κ2) is 5.58. The molecule has 0 aromatic heterocycles. The third-order valence-corrected chi connectivity index (χ3v) is 6.39. The number of piperazine rings is 1. The molecule has 3 fully saturated rings. The van der Waals surface area contributed by atoms with Crippen LogP contribution in [-0.4, -0.2) is 45.8 Å². The van der Waals surface area contributed by atoms with E-state index in [2.05, 4.69) is 5.32 Å². The van der Waals surface area contributed by atoms with Gasteiger partial charge in [-0.15, -0.1) is 0 Å². The minimum Gasteiger partial charge on any atom is -0.340 e. The molecule has 20 heavy (non-hydrogen) atoms. The summed E-state index contributed by atoms with van der Waals surface area (Å²) in [7, 11) is 0. The van der Waals surface area contributed by atoms with Gasteiger partial charge in [0.1, 0.15) is 11.6 Å². The zero-order chi connectivity index (χ0) is 14.2. The van der Waals surface area contributed by atoms with Crippen LogP contribution in [0.4, 0.5) is 0 Å². The van der Waals surface area contributed by atoms with Crippen molar-refractivity contribution in [3.63, 3.8) is 0 Å². The molecule has 1 N–H and O–H groups in total. The number of carbonyl (C=O) groups is 2. The Morgan fingerprint density at radius 1 is 1.25 bits per heavy atom. The third kappa shape index (κ3) is 2.45. The Bertz CT molecular complexity index is 401. The van der Waals surface area contributed by atoms with E-state index >= 15 is 0 Å². The van der Waals surface area contributed by atoms with Crippen molar-refractivity contribution in [2.24, 2.45) is 0 Å². The number of amides is 2. The number of nitrogens with zero attached hydrogens (tertiary/aromatic N) is 1. The zero-order valence-electron chi connectivity index (χ0n) is 12.2. The average Bonchev–Trinajstić information content (AvgIpc) is 2.96. The Morgan fingerprint density at radius 3 is 2.65 bits per heavy atom. The number of hydrogen-bond acceptors (Lipinski definition) is 3. The summed E-state index contributed by atoms with van der Waals surface area (Å²) < 4.78 is 0. The predicted octanol–water partition coefficient (Wildman–Crippen LogP) is 1.93. The number of carbonyl (C=O) groups excluding carboxylic acids is 2. The highest BCUT2D eigenvalue weighted by atomic mass is 32.2. The first-order chi connectivity index (χ1) is 9.62. The first kappa shape index (κ1) is 14.2. The van der Waals surface area contributed by atoms with Crippen LogP contribution in [0.15, 0.2) is 0 Å². The largest absolute Gasteiger partial charge is 0.340 e. The van der Waals surface area contributed by atoms with Crippen molar-refractivity contribution < 1.29 is 9.59 Å². The zero-order valence-corrected chi connectivity index (χ0v) is 13.0. The van der Waals surface area contributed by atoms with Gasteiger partial charge in [0.2, 0.25) is 11.8 Å². The second-order valence-electron chi connectivity index (χ2n) is 6.40. The van der Waals surface area contributed by atoms with Crippen LogP contribution in [-0.2, 0) is 9.59 Å². The fraction of sp³-hybridized carbons (Fsp3) is 0.867. The van der Waals surface area contributed by atoms with Crippen LogP contribution in [0.3, 0.4) is 0 Å². The molecule has 1 aliphatic carbocycles. The Balaban J connectivity index is 1.78. The summed E-state index contributed by atoms with van der Waals surface area (Å²) in [5.41, 5.74) is -0.578. The van der Waals surface area contributed by atoms with E-state index in [0.717, 1.165) is 32.2 Å². The summed E-state index contributed by atoms with van der Waals surface area (Å²) in [5.74, 6) is 1.41. The van der Waals surface area contributed by atoms with E-state index in [1.54, 1.807) is 0 Å². The summed E-state index contributed by atoms with van der Waals surface area (Å²) >= 11 is 1.95. The predicted molar refractivity (Wildman–Crippen MR) is 80.6 cm³/mol. The Kier molecular flexibility index (Phi) is 3.98. The van der Waals surface area contributed by atoms with Crippen LogP contribution in [0, 0.1) is 0 Å². The molecule has 2 saturated heterocycles. The van der Waals surface area contributed by atoms with Crippen molar-refractivity contribution in [1.29, 1.82) is 0 Å². The lowest BCUT2D eigenvalue weighted by molar-refractivity contribution is -0.155. The molecule has 3 rings (SSSR count). The molecule has 5 heteroatoms. The van der Waals surface area contributed by atoms with Crippen LogP contribution >= 0.6 is 11.8 Å². The van der Waals surface area contributed by atoms with Gasteiger partial charge in [-0.3, -0.25) is 9.59 Å². The molecular weight excluding hydrogens is 272 g/mol. The van der Waals surface area contributed by atoms with Gasteiger partial charge in [0.05, 0.1) is 0 Å². The van der Waals surface area contributed by atoms with Crippen molar-refractivity contribution in [3.8, 4) is 0 Å². The van der Waals surface area contributed by atoms with Gasteiger partial charge in [-0.05, 0) is 38.4 Å². The smallest absolute Gasteiger partial charge is 0.249 e. The lowest BCUT2D eigenvalue weighted by Crippen LogP contribution is -2.70. The Hall–Kier alpha value is -0.710. The van der Waals surface area contributed by atoms with Crippen molar-refractivity contribution in [2.75, 3.05) is 12.3 Å². The Labute approximate surface area is 125 Å². The molecule has 4 nitrogen and oxygen atoms in total. The van der Waals surface area contributed by atoms with Gasteiger partial charge in [-0.25, -0.2) is 0 Å². The highest BCUT2D eigenvalue weighted by Gasteiger charge is 2.50. The average molecular weight is 296 g/mol. The maximum Gasteiger partial charge on any atom is 0.249 e. The summed E-state index contributed by atoms with van der Waals surface area (Å²) in [5, 5.41) is 3.57. The van der Waals surface area contributed by atoms with Crippen LogP contribution < -0.4 is 5.32 Å². The number of rotatable bonds is 2. The van der Waals surface area contributed by atoms with E-state index in [4.69, 9.17) is 0 Å². The summed E-state index contributed by atoms with van der Waals surface area (Å²) in [4.78, 5) is 27.1. The van der Waals surface area contributed by atoms with E-state index in [9.17, 15) is 9.59 Å². The highest BCUT2D eigenvalue weighted by Crippen LogP contribution is 2.35. The lowest BCUT2D eigenvalue weighted by atomic mass is 9.78. The molecule has 3 aliphatic rings. The standard InChI is InChI=1S/C15H24N2O2S/c1-11-13(18)16-15(7-3-2-4-8-15)14(19)17(11)10-12-6-5-9-20-12/h11-12H,2-10H2,1H3,(H,16,18). The van der Waals surface area contributed by atoms with Gasteiger partial charge in [-0.1, -0.05) is 19.3 Å². The normalized spacial score (nSPS) is 33.5. The van der Waals surface area contributed by atoms with E-state index in [1.807, 2.05) is 23.6 Å². The second-order valence-corrected chi connectivity index (χ2v) is 7.81. The van der Waals surface area contributed by atoms with E-state index in [1.165, 1.54) is 25.0 Å². The summed E-state index contributed by atoms with van der Waals surface area (Å²) in [6, 6.07) is -0.309. The van der Waals surface area contributed by atoms with Gasteiger partial charge in [-0.2, -0.15) is 11.8 Å². The molecule has 2 atom stereocenters. The first-order valence-corrected chi connectivity index (χ1v) is 8.92. The molecule has 0 aromatic rings. The van der Waals surface area contributed by atoms with E-state index in [-0.39, 0.29) is 17.9 Å². The molecule has 1 spiro atoms. The molecule has 2 unspecified atom stereocenters. The molecule has 0 bridgehead atoms. The molecule has 2 amide bonds. The number of nitrogens with one attached hydrogen (secondary N) is 1. The molecule has 2 heterocycles. The van der Waals surface area contributed by atoms with Gasteiger partial charge < -0.3 is 10.2 Å². The quantitative estimate of drug-likeness (QED) is 0.847. The van der Waals surface area contributed by atoms with Crippen LogP contribution in [0.5, 0.6) is 0 Å². The van der Waals surface area contributed by atoms with Crippen molar-refractivity contribution in [3.05, 3.63) is 0 Å². The molecule has 0 aromatic carbocycles. The minimum absolute atomic E-state index is 0.0366. The highest BCUT2D eigenvalue weighted by molar-refractivity contribution is 8.00. The maximum absolute atomic E-state index is 12.9. The minimum atomic E-state index is -0.578. The maximum atomic E-state index is 12.9. The van der Waals surface area contributed by atoms with Gasteiger partial charge >= 0.3 is 0 Å².